The Bertz CT molecular complexity index is 1080. The van der Waals surface area contributed by atoms with Crippen LogP contribution in [-0.2, 0) is 21.6 Å². The molecule has 0 spiro atoms. The lowest BCUT2D eigenvalue weighted by molar-refractivity contribution is -0.899. The number of nitrogens with zero attached hydrogens (tertiary/aromatic N) is 1. The number of quaternary nitrogens is 1. The van der Waals surface area contributed by atoms with Gasteiger partial charge in [0, 0.05) is 24.8 Å². The Morgan fingerprint density at radius 1 is 1.00 bits per heavy atom. The predicted molar refractivity (Wildman–Crippen MR) is 132 cm³/mol. The molecule has 0 radical (unpaired) electrons. The monoisotopic (exact) mass is 479 g/mol. The molecular weight excluding hydrogens is 446 g/mol. The molecule has 0 aromatic heterocycles. The molecule has 4 rings (SSSR count). The van der Waals surface area contributed by atoms with Crippen molar-refractivity contribution in [2.24, 2.45) is 11.7 Å². The second-order valence-corrected chi connectivity index (χ2v) is 9.82. The molecule has 1 aliphatic heterocycles. The van der Waals surface area contributed by atoms with Crippen molar-refractivity contribution < 1.29 is 22.8 Å². The molecule has 0 aliphatic carbocycles. The number of primary amides is 1. The minimum atomic E-state index is -0.892. The van der Waals surface area contributed by atoms with Gasteiger partial charge < -0.3 is 15.0 Å². The first-order chi connectivity index (χ1) is 16.8. The quantitative estimate of drug-likeness (QED) is 0.335. The molecule has 3 aromatic rings. The van der Waals surface area contributed by atoms with E-state index in [1.165, 1.54) is 12.1 Å². The average Bonchev–Trinajstić information content (AvgIpc) is 3.22. The highest BCUT2D eigenvalue weighted by Crippen LogP contribution is 2.45. The molecule has 3 aromatic carbocycles. The zero-order valence-electron chi connectivity index (χ0n) is 20.1. The number of halogens is 2. The maximum absolute atomic E-state index is 13.4. The van der Waals surface area contributed by atoms with Gasteiger partial charge in [-0.05, 0) is 28.8 Å². The maximum atomic E-state index is 13.4. The SMILES string of the molecule is C[N@@+]1(CCCOCc2cc(F)cc(F)c2)CCC(C(C(N)=O)(c2ccccc2)c2ccccc2)C1. The molecule has 35 heavy (non-hydrogen) atoms. The van der Waals surface area contributed by atoms with Crippen LogP contribution in [0.2, 0.25) is 0 Å². The van der Waals surface area contributed by atoms with Crippen LogP contribution < -0.4 is 5.73 Å². The lowest BCUT2D eigenvalue weighted by Crippen LogP contribution is -2.51. The topological polar surface area (TPSA) is 52.3 Å². The second-order valence-electron chi connectivity index (χ2n) is 9.82. The standard InChI is InChI=1S/C29H32F2N2O2/c1-33(14-8-16-35-21-22-17-26(30)19-27(31)18-22)15-13-25(20-33)29(28(32)34,23-9-4-2-5-10-23)24-11-6-3-7-12-24/h2-7,9-12,17-19,25H,8,13-16,20-21H2,1H3,(H-,32,34)/p+1/t25?,33-/m1/s1. The molecule has 4 nitrogen and oxygen atoms in total. The number of benzene rings is 3. The summed E-state index contributed by atoms with van der Waals surface area (Å²) in [6.45, 7) is 3.31. The van der Waals surface area contributed by atoms with E-state index in [-0.39, 0.29) is 18.4 Å². The van der Waals surface area contributed by atoms with Gasteiger partial charge in [0.15, 0.2) is 0 Å². The Kier molecular flexibility index (Phi) is 7.63. The molecule has 1 fully saturated rings. The van der Waals surface area contributed by atoms with Gasteiger partial charge in [-0.25, -0.2) is 8.78 Å². The number of hydrogen-bond acceptors (Lipinski definition) is 2. The molecular formula is C29H33F2N2O2+. The van der Waals surface area contributed by atoms with Crippen molar-refractivity contribution in [3.05, 3.63) is 107 Å². The van der Waals surface area contributed by atoms with E-state index in [0.717, 1.165) is 54.2 Å². The highest BCUT2D eigenvalue weighted by atomic mass is 19.1. The minimum Gasteiger partial charge on any atom is -0.377 e. The summed E-state index contributed by atoms with van der Waals surface area (Å²) in [6, 6.07) is 23.2. The van der Waals surface area contributed by atoms with Crippen molar-refractivity contribution in [2.75, 3.05) is 33.3 Å². The lowest BCUT2D eigenvalue weighted by atomic mass is 9.64. The summed E-state index contributed by atoms with van der Waals surface area (Å²) in [5.74, 6) is -1.45. The van der Waals surface area contributed by atoms with Gasteiger partial charge in [0.1, 0.15) is 17.0 Å². The van der Waals surface area contributed by atoms with Crippen LogP contribution in [0.3, 0.4) is 0 Å². The Balaban J connectivity index is 1.45. The number of carbonyl (C=O) groups excluding carboxylic acids is 1. The molecule has 184 valence electrons. The molecule has 2 atom stereocenters. The number of hydrogen-bond donors (Lipinski definition) is 1. The Morgan fingerprint density at radius 3 is 2.11 bits per heavy atom. The van der Waals surface area contributed by atoms with Crippen LogP contribution in [0, 0.1) is 17.6 Å². The molecule has 1 heterocycles. The van der Waals surface area contributed by atoms with Crippen molar-refractivity contribution in [3.63, 3.8) is 0 Å². The summed E-state index contributed by atoms with van der Waals surface area (Å²) in [5, 5.41) is 0. The third kappa shape index (κ3) is 5.44. The predicted octanol–water partition coefficient (Wildman–Crippen LogP) is 4.81. The van der Waals surface area contributed by atoms with Crippen LogP contribution in [0.1, 0.15) is 29.5 Å². The highest BCUT2D eigenvalue weighted by Gasteiger charge is 2.53. The summed E-state index contributed by atoms with van der Waals surface area (Å²) < 4.78 is 33.2. The van der Waals surface area contributed by atoms with E-state index >= 15 is 0 Å². The van der Waals surface area contributed by atoms with Gasteiger partial charge in [-0.3, -0.25) is 4.79 Å². The zero-order chi connectivity index (χ0) is 24.9. The van der Waals surface area contributed by atoms with E-state index in [9.17, 15) is 13.6 Å². The first kappa shape index (κ1) is 25.0. The second kappa shape index (κ2) is 10.7. The van der Waals surface area contributed by atoms with E-state index < -0.39 is 17.0 Å². The summed E-state index contributed by atoms with van der Waals surface area (Å²) in [7, 11) is 2.21. The number of likely N-dealkylation sites (tertiary alicyclic amines) is 1. The van der Waals surface area contributed by atoms with Crippen molar-refractivity contribution in [1.82, 2.24) is 0 Å². The molecule has 1 amide bonds. The number of ether oxygens (including phenoxy) is 1. The van der Waals surface area contributed by atoms with Crippen molar-refractivity contribution in [2.45, 2.75) is 24.9 Å². The Morgan fingerprint density at radius 2 is 1.57 bits per heavy atom. The van der Waals surface area contributed by atoms with Crippen LogP contribution in [0.5, 0.6) is 0 Å². The molecule has 6 heteroatoms. The first-order valence-corrected chi connectivity index (χ1v) is 12.1. The van der Waals surface area contributed by atoms with Gasteiger partial charge in [0.2, 0.25) is 5.91 Å². The summed E-state index contributed by atoms with van der Waals surface area (Å²) in [5.41, 5.74) is 7.66. The van der Waals surface area contributed by atoms with Gasteiger partial charge in [-0.1, -0.05) is 60.7 Å². The van der Waals surface area contributed by atoms with Gasteiger partial charge in [-0.15, -0.1) is 0 Å². The van der Waals surface area contributed by atoms with E-state index in [0.29, 0.717) is 12.2 Å². The van der Waals surface area contributed by atoms with Gasteiger partial charge in [0.05, 0.1) is 39.9 Å². The lowest BCUT2D eigenvalue weighted by Gasteiger charge is -2.38. The van der Waals surface area contributed by atoms with Crippen molar-refractivity contribution in [3.8, 4) is 0 Å². The highest BCUT2D eigenvalue weighted by molar-refractivity contribution is 5.91. The average molecular weight is 480 g/mol. The van der Waals surface area contributed by atoms with Crippen LogP contribution in [0.4, 0.5) is 8.78 Å². The van der Waals surface area contributed by atoms with E-state index in [4.69, 9.17) is 10.5 Å². The number of amides is 1. The van der Waals surface area contributed by atoms with Crippen LogP contribution in [0.15, 0.2) is 78.9 Å². The minimum absolute atomic E-state index is 0.0611. The van der Waals surface area contributed by atoms with E-state index in [1.54, 1.807) is 0 Å². The summed E-state index contributed by atoms with van der Waals surface area (Å²) in [6.07, 6.45) is 1.69. The van der Waals surface area contributed by atoms with Gasteiger partial charge >= 0.3 is 0 Å². The van der Waals surface area contributed by atoms with Crippen molar-refractivity contribution in [1.29, 1.82) is 0 Å². The third-order valence-electron chi connectivity index (χ3n) is 7.32. The summed E-state index contributed by atoms with van der Waals surface area (Å²) >= 11 is 0. The van der Waals surface area contributed by atoms with E-state index in [1.807, 2.05) is 60.7 Å². The molecule has 2 N–H and O–H groups in total. The number of nitrogens with two attached hydrogens (primary N) is 1. The van der Waals surface area contributed by atoms with Crippen LogP contribution in [-0.4, -0.2) is 43.7 Å². The molecule has 1 saturated heterocycles. The smallest absolute Gasteiger partial charge is 0.233 e. The molecule has 1 unspecified atom stereocenters. The van der Waals surface area contributed by atoms with Crippen LogP contribution >= 0.6 is 0 Å². The fourth-order valence-corrected chi connectivity index (χ4v) is 5.70. The van der Waals surface area contributed by atoms with E-state index in [2.05, 4.69) is 7.05 Å². The normalized spacial score (nSPS) is 20.1. The number of rotatable bonds is 10. The first-order valence-electron chi connectivity index (χ1n) is 12.1. The fraction of sp³-hybridized carbons (Fsp3) is 0.345. The van der Waals surface area contributed by atoms with Crippen LogP contribution in [0.25, 0.3) is 0 Å². The molecule has 0 saturated carbocycles. The fourth-order valence-electron chi connectivity index (χ4n) is 5.70. The van der Waals surface area contributed by atoms with Gasteiger partial charge in [0.25, 0.3) is 0 Å². The third-order valence-corrected chi connectivity index (χ3v) is 7.32. The largest absolute Gasteiger partial charge is 0.377 e. The Labute approximate surface area is 205 Å². The maximum Gasteiger partial charge on any atom is 0.233 e. The summed E-state index contributed by atoms with van der Waals surface area (Å²) in [4.78, 5) is 13.2. The molecule has 1 aliphatic rings. The van der Waals surface area contributed by atoms with Crippen molar-refractivity contribution >= 4 is 5.91 Å². The number of carbonyl (C=O) groups is 1. The van der Waals surface area contributed by atoms with Gasteiger partial charge in [-0.2, -0.15) is 0 Å². The molecule has 0 bridgehead atoms. The Hall–Kier alpha value is -3.09. The zero-order valence-corrected chi connectivity index (χ0v) is 20.1.